The number of hydrogen-bond donors (Lipinski definition) is 3. The van der Waals surface area contributed by atoms with E-state index in [9.17, 15) is 24.0 Å². The van der Waals surface area contributed by atoms with E-state index in [1.54, 1.807) is 20.8 Å². The van der Waals surface area contributed by atoms with Crippen LogP contribution in [0.15, 0.2) is 12.2 Å². The van der Waals surface area contributed by atoms with Crippen LogP contribution in [-0.4, -0.2) is 77.7 Å². The van der Waals surface area contributed by atoms with Gasteiger partial charge in [-0.2, -0.15) is 0 Å². The first-order valence-electron chi connectivity index (χ1n) is 8.60. The number of nitrogens with zero attached hydrogens (tertiary/aromatic N) is 1. The number of carbonyl (C=O) groups excluding carboxylic acids is 4. The molecule has 11 nitrogen and oxygen atoms in total. The van der Waals surface area contributed by atoms with Crippen molar-refractivity contribution < 1.29 is 38.6 Å². The van der Waals surface area contributed by atoms with Gasteiger partial charge in [-0.15, -0.1) is 0 Å². The van der Waals surface area contributed by atoms with Gasteiger partial charge < -0.3 is 25.2 Å². The van der Waals surface area contributed by atoms with Crippen molar-refractivity contribution in [1.29, 1.82) is 0 Å². The van der Waals surface area contributed by atoms with E-state index in [0.717, 1.165) is 17.1 Å². The number of aliphatic carboxylic acids is 1. The normalized spacial score (nSPS) is 14.8. The van der Waals surface area contributed by atoms with Gasteiger partial charge in [0.25, 0.3) is 11.8 Å². The van der Waals surface area contributed by atoms with E-state index in [1.807, 2.05) is 0 Å². The van der Waals surface area contributed by atoms with Crippen LogP contribution in [0.4, 0.5) is 4.79 Å². The zero-order chi connectivity index (χ0) is 21.3. The first kappa shape index (κ1) is 23.1. The summed E-state index contributed by atoms with van der Waals surface area (Å²) in [7, 11) is 0. The van der Waals surface area contributed by atoms with Crippen LogP contribution in [0.2, 0.25) is 0 Å². The molecule has 0 fully saturated rings. The summed E-state index contributed by atoms with van der Waals surface area (Å²) in [6.45, 7) is 4.73. The highest BCUT2D eigenvalue weighted by atomic mass is 16.6. The molecule has 0 saturated heterocycles. The van der Waals surface area contributed by atoms with Crippen molar-refractivity contribution in [3.8, 4) is 0 Å². The minimum atomic E-state index is -1.28. The molecule has 1 rings (SSSR count). The highest BCUT2D eigenvalue weighted by molar-refractivity contribution is 6.15. The third kappa shape index (κ3) is 8.16. The summed E-state index contributed by atoms with van der Waals surface area (Å²) in [4.78, 5) is 59.2. The summed E-state index contributed by atoms with van der Waals surface area (Å²) in [6, 6.07) is -1.28. The Morgan fingerprint density at radius 1 is 1.11 bits per heavy atom. The minimum absolute atomic E-state index is 0.0121. The lowest BCUT2D eigenvalue weighted by atomic mass is 10.2. The molecule has 28 heavy (non-hydrogen) atoms. The molecule has 1 aliphatic heterocycles. The monoisotopic (exact) mass is 399 g/mol. The van der Waals surface area contributed by atoms with Gasteiger partial charge in [0.15, 0.2) is 0 Å². The highest BCUT2D eigenvalue weighted by Gasteiger charge is 2.36. The fourth-order valence-corrected chi connectivity index (χ4v) is 2.14. The van der Waals surface area contributed by atoms with Gasteiger partial charge in [0.1, 0.15) is 11.6 Å². The zero-order valence-electron chi connectivity index (χ0n) is 16.0. The Hall–Kier alpha value is -2.95. The first-order valence-corrected chi connectivity index (χ1v) is 8.60. The Morgan fingerprint density at radius 2 is 1.71 bits per heavy atom. The lowest BCUT2D eigenvalue weighted by molar-refractivity contribution is -0.145. The average molecular weight is 399 g/mol. The number of carbonyl (C=O) groups is 5. The van der Waals surface area contributed by atoms with Crippen molar-refractivity contribution in [2.45, 2.75) is 38.8 Å². The Bertz CT molecular complexity index is 635. The Kier molecular flexibility index (Phi) is 8.58. The molecule has 11 heteroatoms. The second-order valence-corrected chi connectivity index (χ2v) is 6.83. The van der Waals surface area contributed by atoms with E-state index < -0.39 is 41.4 Å². The first-order chi connectivity index (χ1) is 13.0. The Balaban J connectivity index is 2.61. The molecule has 0 bridgehead atoms. The molecular weight excluding hydrogens is 374 g/mol. The quantitative estimate of drug-likeness (QED) is 0.326. The van der Waals surface area contributed by atoms with Gasteiger partial charge in [0, 0.05) is 18.7 Å². The molecule has 1 atom stereocenters. The lowest BCUT2D eigenvalue weighted by Crippen LogP contribution is -2.55. The maximum absolute atomic E-state index is 12.4. The number of carboxylic acid groups (broad SMARTS) is 1. The molecule has 0 aromatic heterocycles. The van der Waals surface area contributed by atoms with Gasteiger partial charge >= 0.3 is 12.1 Å². The van der Waals surface area contributed by atoms with Gasteiger partial charge in [-0.25, -0.2) is 4.79 Å². The van der Waals surface area contributed by atoms with Crippen LogP contribution in [0, 0.1) is 0 Å². The van der Waals surface area contributed by atoms with Gasteiger partial charge in [-0.3, -0.25) is 24.1 Å². The van der Waals surface area contributed by atoms with Crippen LogP contribution in [0.1, 0.15) is 27.2 Å². The SMILES string of the molecule is CC(C)(C)OC(=O)NC[C@H](C(=O)NCCOCCC(=O)O)N1C(=O)C=CC1=O. The van der Waals surface area contributed by atoms with Crippen molar-refractivity contribution >= 4 is 29.8 Å². The van der Waals surface area contributed by atoms with Crippen LogP contribution >= 0.6 is 0 Å². The molecule has 156 valence electrons. The van der Waals surface area contributed by atoms with E-state index in [-0.39, 0.29) is 32.7 Å². The summed E-state index contributed by atoms with van der Waals surface area (Å²) < 4.78 is 10.1. The minimum Gasteiger partial charge on any atom is -0.481 e. The molecule has 0 spiro atoms. The third-order valence-electron chi connectivity index (χ3n) is 3.30. The average Bonchev–Trinajstić information content (AvgIpc) is 2.88. The standard InChI is InChI=1S/C17H25N3O8/c1-17(2,3)28-16(26)19-10-11(20-12(21)4-5-13(20)22)15(25)18-7-9-27-8-6-14(23)24/h4-5,11H,6-10H2,1-3H3,(H,18,25)(H,19,26)(H,23,24)/t11-/m1/s1. The van der Waals surface area contributed by atoms with Gasteiger partial charge in [-0.1, -0.05) is 0 Å². The van der Waals surface area contributed by atoms with Gasteiger partial charge in [-0.05, 0) is 20.8 Å². The second kappa shape index (κ2) is 10.4. The number of amides is 4. The molecule has 4 amide bonds. The van der Waals surface area contributed by atoms with Crippen molar-refractivity contribution in [2.24, 2.45) is 0 Å². The number of ether oxygens (including phenoxy) is 2. The molecule has 0 radical (unpaired) electrons. The summed E-state index contributed by atoms with van der Waals surface area (Å²) in [6.07, 6.45) is 1.10. The fraction of sp³-hybridized carbons (Fsp3) is 0.588. The largest absolute Gasteiger partial charge is 0.481 e. The maximum Gasteiger partial charge on any atom is 0.407 e. The smallest absolute Gasteiger partial charge is 0.407 e. The van der Waals surface area contributed by atoms with E-state index in [0.29, 0.717) is 0 Å². The van der Waals surface area contributed by atoms with Crippen LogP contribution in [0.3, 0.4) is 0 Å². The molecule has 3 N–H and O–H groups in total. The van der Waals surface area contributed by atoms with E-state index in [1.165, 1.54) is 0 Å². The number of hydrogen-bond acceptors (Lipinski definition) is 7. The molecular formula is C17H25N3O8. The number of carboxylic acids is 1. The van der Waals surface area contributed by atoms with Crippen molar-refractivity contribution in [3.05, 3.63) is 12.2 Å². The molecule has 1 heterocycles. The van der Waals surface area contributed by atoms with E-state index >= 15 is 0 Å². The molecule has 0 unspecified atom stereocenters. The second-order valence-electron chi connectivity index (χ2n) is 6.83. The summed E-state index contributed by atoms with van der Waals surface area (Å²) >= 11 is 0. The van der Waals surface area contributed by atoms with Gasteiger partial charge in [0.05, 0.1) is 26.2 Å². The lowest BCUT2D eigenvalue weighted by Gasteiger charge is -2.26. The van der Waals surface area contributed by atoms with Crippen molar-refractivity contribution in [3.63, 3.8) is 0 Å². The summed E-state index contributed by atoms with van der Waals surface area (Å²) in [5.74, 6) is -3.03. The number of imide groups is 1. The number of alkyl carbamates (subject to hydrolysis) is 1. The van der Waals surface area contributed by atoms with Crippen LogP contribution in [-0.2, 0) is 28.7 Å². The van der Waals surface area contributed by atoms with Crippen LogP contribution < -0.4 is 10.6 Å². The highest BCUT2D eigenvalue weighted by Crippen LogP contribution is 2.10. The number of rotatable bonds is 10. The fourth-order valence-electron chi connectivity index (χ4n) is 2.14. The molecule has 0 saturated carbocycles. The predicted octanol–water partition coefficient (Wildman–Crippen LogP) is -0.588. The van der Waals surface area contributed by atoms with E-state index in [4.69, 9.17) is 14.6 Å². The Morgan fingerprint density at radius 3 is 2.25 bits per heavy atom. The van der Waals surface area contributed by atoms with E-state index in [2.05, 4.69) is 10.6 Å². The van der Waals surface area contributed by atoms with Crippen LogP contribution in [0.5, 0.6) is 0 Å². The zero-order valence-corrected chi connectivity index (χ0v) is 16.0. The summed E-state index contributed by atoms with van der Waals surface area (Å²) in [5, 5.41) is 13.4. The summed E-state index contributed by atoms with van der Waals surface area (Å²) in [5.41, 5.74) is -0.754. The number of nitrogens with one attached hydrogen (secondary N) is 2. The van der Waals surface area contributed by atoms with Crippen LogP contribution in [0.25, 0.3) is 0 Å². The molecule has 1 aliphatic rings. The predicted molar refractivity (Wildman–Crippen MR) is 95.1 cm³/mol. The van der Waals surface area contributed by atoms with Crippen molar-refractivity contribution in [2.75, 3.05) is 26.3 Å². The van der Waals surface area contributed by atoms with Crippen molar-refractivity contribution in [1.82, 2.24) is 15.5 Å². The Labute approximate surface area is 162 Å². The molecule has 0 aromatic rings. The topological polar surface area (TPSA) is 151 Å². The molecule has 0 aromatic carbocycles. The van der Waals surface area contributed by atoms with Gasteiger partial charge in [0.2, 0.25) is 5.91 Å². The molecule has 0 aliphatic carbocycles. The third-order valence-corrected chi connectivity index (χ3v) is 3.30. The maximum atomic E-state index is 12.4.